The summed E-state index contributed by atoms with van der Waals surface area (Å²) < 4.78 is 0. The lowest BCUT2D eigenvalue weighted by Gasteiger charge is -2.11. The van der Waals surface area contributed by atoms with Gasteiger partial charge in [0.05, 0.1) is 0 Å². The van der Waals surface area contributed by atoms with Crippen molar-refractivity contribution in [2.75, 3.05) is 5.73 Å². The van der Waals surface area contributed by atoms with Crippen molar-refractivity contribution >= 4 is 27.9 Å². The summed E-state index contributed by atoms with van der Waals surface area (Å²) in [5, 5.41) is 15.2. The molecule has 0 saturated heterocycles. The first-order valence-electron chi connectivity index (χ1n) is 7.38. The number of nitrogen functional groups attached to an aromatic ring is 1. The number of aromatic nitrogens is 3. The van der Waals surface area contributed by atoms with Gasteiger partial charge < -0.3 is 10.8 Å². The number of rotatable bonds is 2. The highest BCUT2D eigenvalue weighted by Crippen LogP contribution is 2.39. The molecule has 6 heteroatoms. The Hall–Kier alpha value is -2.99. The average Bonchev–Trinajstić information content (AvgIpc) is 3.03. The molecule has 0 unspecified atom stereocenters. The maximum atomic E-state index is 10.5. The summed E-state index contributed by atoms with van der Waals surface area (Å²) in [7, 11) is 0. The van der Waals surface area contributed by atoms with Crippen molar-refractivity contribution in [1.29, 1.82) is 0 Å². The van der Waals surface area contributed by atoms with Gasteiger partial charge >= 0.3 is 0 Å². The second-order valence-electron chi connectivity index (χ2n) is 5.49. The van der Waals surface area contributed by atoms with E-state index in [1.807, 2.05) is 42.6 Å². The van der Waals surface area contributed by atoms with E-state index in [0.29, 0.717) is 11.3 Å². The monoisotopic (exact) mass is 334 g/mol. The molecule has 0 aliphatic heterocycles. The highest BCUT2D eigenvalue weighted by Gasteiger charge is 2.16. The van der Waals surface area contributed by atoms with E-state index < -0.39 is 0 Å². The molecule has 0 amide bonds. The summed E-state index contributed by atoms with van der Waals surface area (Å²) in [6.45, 7) is 1.93. The predicted octanol–water partition coefficient (Wildman–Crippen LogP) is 4.02. The van der Waals surface area contributed by atoms with Crippen molar-refractivity contribution in [3.8, 4) is 27.6 Å². The molecule has 3 N–H and O–H groups in total. The fraction of sp³-hybridized carbons (Fsp3) is 0.0556. The third kappa shape index (κ3) is 2.37. The molecule has 0 spiro atoms. The van der Waals surface area contributed by atoms with Crippen molar-refractivity contribution < 1.29 is 5.11 Å². The number of anilines is 1. The molecule has 0 aliphatic carbocycles. The molecular weight excluding hydrogens is 320 g/mol. The number of thiazole rings is 1. The standard InChI is InChI=1S/C18H14N4OS/c1-10-9-24-18(21-10)15-6-13(16(23)17(19)22-15)14-8-20-7-11-4-2-3-5-12(11)14/h2-9,23H,1H3,(H2,19,22). The molecule has 5 nitrogen and oxygen atoms in total. The van der Waals surface area contributed by atoms with E-state index in [0.717, 1.165) is 27.0 Å². The minimum absolute atomic E-state index is 0.0369. The van der Waals surface area contributed by atoms with E-state index >= 15 is 0 Å². The van der Waals surface area contributed by atoms with Crippen molar-refractivity contribution in [2.45, 2.75) is 6.92 Å². The van der Waals surface area contributed by atoms with Gasteiger partial charge in [-0.3, -0.25) is 4.98 Å². The minimum Gasteiger partial charge on any atom is -0.504 e. The molecule has 3 aromatic heterocycles. The van der Waals surface area contributed by atoms with Gasteiger partial charge in [-0.15, -0.1) is 11.3 Å². The second kappa shape index (κ2) is 5.58. The van der Waals surface area contributed by atoms with Crippen LogP contribution >= 0.6 is 11.3 Å². The molecule has 4 rings (SSSR count). The highest BCUT2D eigenvalue weighted by molar-refractivity contribution is 7.13. The Morgan fingerprint density at radius 2 is 1.92 bits per heavy atom. The quantitative estimate of drug-likeness (QED) is 0.578. The molecule has 24 heavy (non-hydrogen) atoms. The first kappa shape index (κ1) is 14.6. The van der Waals surface area contributed by atoms with Gasteiger partial charge in [0.2, 0.25) is 0 Å². The van der Waals surface area contributed by atoms with Gasteiger partial charge in [-0.05, 0) is 18.4 Å². The number of hydrogen-bond acceptors (Lipinski definition) is 6. The Bertz CT molecular complexity index is 1050. The number of fused-ring (bicyclic) bond motifs is 1. The van der Waals surface area contributed by atoms with Crippen LogP contribution in [0.2, 0.25) is 0 Å². The highest BCUT2D eigenvalue weighted by atomic mass is 32.1. The average molecular weight is 334 g/mol. The Balaban J connectivity index is 1.99. The maximum absolute atomic E-state index is 10.5. The summed E-state index contributed by atoms with van der Waals surface area (Å²) in [6.07, 6.45) is 3.53. The van der Waals surface area contributed by atoms with E-state index in [2.05, 4.69) is 15.0 Å². The minimum atomic E-state index is -0.0369. The van der Waals surface area contributed by atoms with E-state index in [9.17, 15) is 5.11 Å². The number of aryl methyl sites for hydroxylation is 1. The second-order valence-corrected chi connectivity index (χ2v) is 6.35. The lowest BCUT2D eigenvalue weighted by Crippen LogP contribution is -1.96. The van der Waals surface area contributed by atoms with E-state index in [1.54, 1.807) is 12.4 Å². The van der Waals surface area contributed by atoms with Crippen LogP contribution in [0.3, 0.4) is 0 Å². The van der Waals surface area contributed by atoms with Crippen LogP contribution in [0.1, 0.15) is 5.69 Å². The normalized spacial score (nSPS) is 11.0. The van der Waals surface area contributed by atoms with Gasteiger partial charge in [0.25, 0.3) is 0 Å². The Labute approximate surface area is 142 Å². The van der Waals surface area contributed by atoms with Crippen molar-refractivity contribution in [2.24, 2.45) is 0 Å². The summed E-state index contributed by atoms with van der Waals surface area (Å²) in [5.41, 5.74) is 8.93. The molecule has 0 saturated carbocycles. The number of benzene rings is 1. The lowest BCUT2D eigenvalue weighted by molar-refractivity contribution is 0.478. The zero-order valence-electron chi connectivity index (χ0n) is 12.9. The maximum Gasteiger partial charge on any atom is 0.167 e. The van der Waals surface area contributed by atoms with Gasteiger partial charge in [-0.1, -0.05) is 24.3 Å². The van der Waals surface area contributed by atoms with Crippen LogP contribution in [0.15, 0.2) is 48.1 Å². The van der Waals surface area contributed by atoms with Gasteiger partial charge in [-0.2, -0.15) is 0 Å². The fourth-order valence-electron chi connectivity index (χ4n) is 2.68. The third-order valence-electron chi connectivity index (χ3n) is 3.82. The van der Waals surface area contributed by atoms with Gasteiger partial charge in [-0.25, -0.2) is 9.97 Å². The molecule has 3 heterocycles. The third-order valence-corrected chi connectivity index (χ3v) is 4.80. The number of pyridine rings is 2. The molecule has 0 bridgehead atoms. The van der Waals surface area contributed by atoms with E-state index in [-0.39, 0.29) is 11.6 Å². The molecule has 0 atom stereocenters. The fourth-order valence-corrected chi connectivity index (χ4v) is 3.43. The Morgan fingerprint density at radius 1 is 1.08 bits per heavy atom. The summed E-state index contributed by atoms with van der Waals surface area (Å²) in [4.78, 5) is 13.0. The van der Waals surface area contributed by atoms with Crippen LogP contribution in [0.5, 0.6) is 5.75 Å². The van der Waals surface area contributed by atoms with Crippen LogP contribution < -0.4 is 5.73 Å². The largest absolute Gasteiger partial charge is 0.504 e. The summed E-state index contributed by atoms with van der Waals surface area (Å²) in [6, 6.07) is 9.71. The van der Waals surface area contributed by atoms with E-state index in [1.165, 1.54) is 11.3 Å². The van der Waals surface area contributed by atoms with Crippen LogP contribution in [0, 0.1) is 6.92 Å². The molecule has 4 aromatic rings. The van der Waals surface area contributed by atoms with Crippen LogP contribution in [0.25, 0.3) is 32.6 Å². The van der Waals surface area contributed by atoms with Crippen molar-refractivity contribution in [3.05, 3.63) is 53.8 Å². The zero-order chi connectivity index (χ0) is 16.7. The predicted molar refractivity (Wildman–Crippen MR) is 96.9 cm³/mol. The van der Waals surface area contributed by atoms with Crippen molar-refractivity contribution in [1.82, 2.24) is 15.0 Å². The molecule has 1 aromatic carbocycles. The SMILES string of the molecule is Cc1csc(-c2cc(-c3cncc4ccccc34)c(O)c(N)n2)n1. The van der Waals surface area contributed by atoms with Crippen LogP contribution in [-0.4, -0.2) is 20.1 Å². The van der Waals surface area contributed by atoms with Gasteiger partial charge in [0.15, 0.2) is 11.6 Å². The number of aromatic hydroxyl groups is 1. The molecule has 0 radical (unpaired) electrons. The first-order chi connectivity index (χ1) is 11.6. The van der Waals surface area contributed by atoms with Gasteiger partial charge in [0, 0.05) is 40.0 Å². The molecular formula is C18H14N4OS. The molecule has 0 fully saturated rings. The van der Waals surface area contributed by atoms with Crippen LogP contribution in [-0.2, 0) is 0 Å². The smallest absolute Gasteiger partial charge is 0.167 e. The van der Waals surface area contributed by atoms with Gasteiger partial charge in [0.1, 0.15) is 10.7 Å². The summed E-state index contributed by atoms with van der Waals surface area (Å²) in [5.74, 6) is 0.0495. The number of nitrogens with two attached hydrogens (primary N) is 1. The Morgan fingerprint density at radius 3 is 2.71 bits per heavy atom. The topological polar surface area (TPSA) is 84.9 Å². The van der Waals surface area contributed by atoms with Crippen molar-refractivity contribution in [3.63, 3.8) is 0 Å². The molecule has 0 aliphatic rings. The molecule has 118 valence electrons. The summed E-state index contributed by atoms with van der Waals surface area (Å²) >= 11 is 1.50. The number of hydrogen-bond donors (Lipinski definition) is 2. The number of nitrogens with zero attached hydrogens (tertiary/aromatic N) is 3. The van der Waals surface area contributed by atoms with Crippen LogP contribution in [0.4, 0.5) is 5.82 Å². The lowest BCUT2D eigenvalue weighted by atomic mass is 10.00. The zero-order valence-corrected chi connectivity index (χ0v) is 13.7. The van der Waals surface area contributed by atoms with E-state index in [4.69, 9.17) is 5.73 Å². The first-order valence-corrected chi connectivity index (χ1v) is 8.26. The Kier molecular flexibility index (Phi) is 3.39.